The van der Waals surface area contributed by atoms with Crippen molar-refractivity contribution >= 4 is 17.5 Å². The first-order valence-corrected chi connectivity index (χ1v) is 7.87. The number of halogens is 1. The lowest BCUT2D eigenvalue weighted by molar-refractivity contribution is 0.0705. The summed E-state index contributed by atoms with van der Waals surface area (Å²) in [5, 5.41) is 10.3. The molecule has 22 heavy (non-hydrogen) atoms. The molecule has 5 nitrogen and oxygen atoms in total. The first-order chi connectivity index (χ1) is 10.4. The number of carbonyl (C=O) groups is 1. The summed E-state index contributed by atoms with van der Waals surface area (Å²) < 4.78 is 11.6. The first-order valence-electron chi connectivity index (χ1n) is 7.50. The third-order valence-electron chi connectivity index (χ3n) is 4.02. The van der Waals surface area contributed by atoms with Crippen LogP contribution in [0.4, 0.5) is 0 Å². The number of aliphatic hydroxyl groups is 1. The molecule has 0 radical (unpaired) electrons. The highest BCUT2D eigenvalue weighted by atomic mass is 35.5. The fourth-order valence-electron chi connectivity index (χ4n) is 3.02. The Hall–Kier alpha value is -1.46. The maximum atomic E-state index is 12.9. The van der Waals surface area contributed by atoms with Gasteiger partial charge in [0.15, 0.2) is 5.75 Å². The molecule has 0 aromatic heterocycles. The molecule has 1 saturated heterocycles. The molecule has 2 aliphatic heterocycles. The minimum Gasteiger partial charge on any atom is -0.490 e. The molecule has 0 saturated carbocycles. The topological polar surface area (TPSA) is 59.0 Å². The van der Waals surface area contributed by atoms with Gasteiger partial charge in [0.05, 0.1) is 23.3 Å². The standard InChI is InChI=1S/C16H20ClNO4/c1-8(2)22-15-13-12(4-9(3)14(15)17)21-7-10-5-11(19)6-18(10)16(13)20/h4,8,10-11,19H,5-7H2,1-3H3/t10-,11+/m1/s1. The van der Waals surface area contributed by atoms with Gasteiger partial charge in [0, 0.05) is 6.54 Å². The van der Waals surface area contributed by atoms with E-state index in [4.69, 9.17) is 21.1 Å². The van der Waals surface area contributed by atoms with Crippen molar-refractivity contribution < 1.29 is 19.4 Å². The molecule has 1 aromatic carbocycles. The van der Waals surface area contributed by atoms with E-state index in [0.29, 0.717) is 41.7 Å². The van der Waals surface area contributed by atoms with Crippen LogP contribution in [0.15, 0.2) is 6.07 Å². The number of fused-ring (bicyclic) bond motifs is 2. The van der Waals surface area contributed by atoms with Crippen LogP contribution in [0.2, 0.25) is 5.02 Å². The van der Waals surface area contributed by atoms with E-state index in [0.717, 1.165) is 5.56 Å². The highest BCUT2D eigenvalue weighted by Gasteiger charge is 2.40. The van der Waals surface area contributed by atoms with Crippen molar-refractivity contribution in [3.8, 4) is 11.5 Å². The van der Waals surface area contributed by atoms with Gasteiger partial charge in [-0.05, 0) is 38.8 Å². The quantitative estimate of drug-likeness (QED) is 0.907. The molecule has 0 unspecified atom stereocenters. The highest BCUT2D eigenvalue weighted by molar-refractivity contribution is 6.33. The number of hydrogen-bond acceptors (Lipinski definition) is 4. The smallest absolute Gasteiger partial charge is 0.261 e. The third kappa shape index (κ3) is 2.52. The van der Waals surface area contributed by atoms with Crippen LogP contribution in [0.25, 0.3) is 0 Å². The summed E-state index contributed by atoms with van der Waals surface area (Å²) >= 11 is 6.36. The largest absolute Gasteiger partial charge is 0.490 e. The van der Waals surface area contributed by atoms with Crippen LogP contribution in [0.3, 0.4) is 0 Å². The lowest BCUT2D eigenvalue weighted by atomic mass is 10.1. The van der Waals surface area contributed by atoms with Gasteiger partial charge in [0.25, 0.3) is 5.91 Å². The minimum atomic E-state index is -0.505. The summed E-state index contributed by atoms with van der Waals surface area (Å²) in [5.41, 5.74) is 1.17. The average molecular weight is 326 g/mol. The van der Waals surface area contributed by atoms with Crippen molar-refractivity contribution in [1.82, 2.24) is 4.90 Å². The summed E-state index contributed by atoms with van der Waals surface area (Å²) in [5.74, 6) is 0.691. The van der Waals surface area contributed by atoms with Gasteiger partial charge < -0.3 is 19.5 Å². The number of ether oxygens (including phenoxy) is 2. The second-order valence-corrected chi connectivity index (χ2v) is 6.57. The molecular formula is C16H20ClNO4. The molecule has 6 heteroatoms. The molecule has 0 spiro atoms. The molecule has 1 amide bonds. The van der Waals surface area contributed by atoms with Crippen LogP contribution in [0, 0.1) is 6.92 Å². The molecule has 2 atom stereocenters. The summed E-state index contributed by atoms with van der Waals surface area (Å²) in [6, 6.07) is 1.67. The Morgan fingerprint density at radius 2 is 2.23 bits per heavy atom. The van der Waals surface area contributed by atoms with Crippen LogP contribution < -0.4 is 9.47 Å². The van der Waals surface area contributed by atoms with Crippen molar-refractivity contribution in [1.29, 1.82) is 0 Å². The number of aliphatic hydroxyl groups excluding tert-OH is 1. The predicted octanol–water partition coefficient (Wildman–Crippen LogP) is 2.40. The maximum Gasteiger partial charge on any atom is 0.261 e. The zero-order chi connectivity index (χ0) is 16.0. The van der Waals surface area contributed by atoms with Crippen molar-refractivity contribution in [3.05, 3.63) is 22.2 Å². The second kappa shape index (κ2) is 5.63. The summed E-state index contributed by atoms with van der Waals surface area (Å²) in [6.07, 6.45) is -0.0822. The Kier molecular flexibility index (Phi) is 3.95. The second-order valence-electron chi connectivity index (χ2n) is 6.19. The van der Waals surface area contributed by atoms with Crippen LogP contribution in [0.5, 0.6) is 11.5 Å². The van der Waals surface area contributed by atoms with E-state index in [1.807, 2.05) is 20.8 Å². The highest BCUT2D eigenvalue weighted by Crippen LogP contribution is 2.42. The van der Waals surface area contributed by atoms with Gasteiger partial charge in [0.2, 0.25) is 0 Å². The molecule has 120 valence electrons. The Morgan fingerprint density at radius 1 is 1.50 bits per heavy atom. The van der Waals surface area contributed by atoms with E-state index < -0.39 is 6.10 Å². The van der Waals surface area contributed by atoms with Gasteiger partial charge in [-0.2, -0.15) is 0 Å². The fourth-order valence-corrected chi connectivity index (χ4v) is 3.22. The molecule has 2 aliphatic rings. The van der Waals surface area contributed by atoms with Crippen molar-refractivity contribution in [2.45, 2.75) is 45.4 Å². The molecule has 0 aliphatic carbocycles. The number of hydrogen-bond donors (Lipinski definition) is 1. The molecule has 1 aromatic rings. The molecule has 1 N–H and O–H groups in total. The number of benzene rings is 1. The van der Waals surface area contributed by atoms with Crippen molar-refractivity contribution in [2.24, 2.45) is 0 Å². The fraction of sp³-hybridized carbons (Fsp3) is 0.562. The maximum absolute atomic E-state index is 12.9. The van der Waals surface area contributed by atoms with E-state index in [1.54, 1.807) is 11.0 Å². The van der Waals surface area contributed by atoms with Gasteiger partial charge in [-0.3, -0.25) is 4.79 Å². The average Bonchev–Trinajstić information content (AvgIpc) is 2.76. The Bertz CT molecular complexity index is 617. The van der Waals surface area contributed by atoms with Gasteiger partial charge in [-0.25, -0.2) is 0 Å². The normalized spacial score (nSPS) is 23.9. The number of carbonyl (C=O) groups excluding carboxylic acids is 1. The lowest BCUT2D eigenvalue weighted by Crippen LogP contribution is -2.37. The SMILES string of the molecule is Cc1cc2c(c(OC(C)C)c1Cl)C(=O)N1C[C@@H](O)C[C@@H]1CO2. The van der Waals surface area contributed by atoms with Gasteiger partial charge in [0.1, 0.15) is 17.9 Å². The Morgan fingerprint density at radius 3 is 2.91 bits per heavy atom. The summed E-state index contributed by atoms with van der Waals surface area (Å²) in [7, 11) is 0. The van der Waals surface area contributed by atoms with Crippen LogP contribution in [-0.4, -0.2) is 47.3 Å². The van der Waals surface area contributed by atoms with Crippen LogP contribution >= 0.6 is 11.6 Å². The number of nitrogens with zero attached hydrogens (tertiary/aromatic N) is 1. The monoisotopic (exact) mass is 325 g/mol. The first kappa shape index (κ1) is 15.4. The van der Waals surface area contributed by atoms with E-state index in [2.05, 4.69) is 0 Å². The van der Waals surface area contributed by atoms with E-state index >= 15 is 0 Å². The van der Waals surface area contributed by atoms with Gasteiger partial charge in [-0.1, -0.05) is 11.6 Å². The lowest BCUT2D eigenvalue weighted by Gasteiger charge is -2.22. The summed E-state index contributed by atoms with van der Waals surface area (Å²) in [6.45, 7) is 6.32. The molecule has 2 heterocycles. The number of rotatable bonds is 2. The number of amides is 1. The minimum absolute atomic E-state index is 0.110. The molecule has 0 bridgehead atoms. The van der Waals surface area contributed by atoms with Crippen LogP contribution in [0.1, 0.15) is 36.2 Å². The van der Waals surface area contributed by atoms with Crippen molar-refractivity contribution in [2.75, 3.05) is 13.2 Å². The van der Waals surface area contributed by atoms with Gasteiger partial charge in [-0.15, -0.1) is 0 Å². The summed E-state index contributed by atoms with van der Waals surface area (Å²) in [4.78, 5) is 14.6. The van der Waals surface area contributed by atoms with Gasteiger partial charge >= 0.3 is 0 Å². The molecular weight excluding hydrogens is 306 g/mol. The van der Waals surface area contributed by atoms with E-state index in [9.17, 15) is 9.90 Å². The Balaban J connectivity index is 2.11. The van der Waals surface area contributed by atoms with Crippen molar-refractivity contribution in [3.63, 3.8) is 0 Å². The number of aryl methyl sites for hydroxylation is 1. The van der Waals surface area contributed by atoms with E-state index in [1.165, 1.54) is 0 Å². The zero-order valence-corrected chi connectivity index (χ0v) is 13.7. The predicted molar refractivity (Wildman–Crippen MR) is 82.9 cm³/mol. The molecule has 1 fully saturated rings. The Labute approximate surface area is 134 Å². The zero-order valence-electron chi connectivity index (χ0n) is 12.9. The third-order valence-corrected chi connectivity index (χ3v) is 4.49. The van der Waals surface area contributed by atoms with Crippen LogP contribution in [-0.2, 0) is 0 Å². The van der Waals surface area contributed by atoms with E-state index in [-0.39, 0.29) is 18.1 Å². The molecule has 3 rings (SSSR count).